The largest absolute Gasteiger partial charge is 0.494 e. The average molecular weight is 313 g/mol. The smallest absolute Gasteiger partial charge is 0.228 e. The molecule has 118 valence electrons. The molecule has 1 unspecified atom stereocenters. The molecule has 1 heterocycles. The van der Waals surface area contributed by atoms with Gasteiger partial charge < -0.3 is 15.4 Å². The third kappa shape index (κ3) is 5.21. The second-order valence-electron chi connectivity index (χ2n) is 5.36. The van der Waals surface area contributed by atoms with E-state index in [4.69, 9.17) is 4.74 Å². The van der Waals surface area contributed by atoms with Gasteiger partial charge in [-0.15, -0.1) is 12.4 Å². The second kappa shape index (κ2) is 8.90. The number of ether oxygens (including phenoxy) is 1. The van der Waals surface area contributed by atoms with Crippen molar-refractivity contribution in [2.75, 3.05) is 25.0 Å². The number of halogens is 1. The Balaban J connectivity index is 0.00000220. The lowest BCUT2D eigenvalue weighted by Crippen LogP contribution is -2.37. The molecule has 1 aliphatic heterocycles. The number of rotatable bonds is 5. The predicted molar refractivity (Wildman–Crippen MR) is 88.4 cm³/mol. The van der Waals surface area contributed by atoms with Crippen molar-refractivity contribution in [2.45, 2.75) is 33.1 Å². The summed E-state index contributed by atoms with van der Waals surface area (Å²) in [4.78, 5) is 12.2. The summed E-state index contributed by atoms with van der Waals surface area (Å²) in [6, 6.07) is 5.82. The Hall–Kier alpha value is -1.26. The fourth-order valence-electron chi connectivity index (χ4n) is 2.40. The first-order valence-corrected chi connectivity index (χ1v) is 7.45. The molecule has 5 heteroatoms. The Kier molecular flexibility index (Phi) is 7.54. The summed E-state index contributed by atoms with van der Waals surface area (Å²) in [7, 11) is 0. The zero-order valence-corrected chi connectivity index (χ0v) is 13.6. The molecule has 4 nitrogen and oxygen atoms in total. The van der Waals surface area contributed by atoms with Crippen LogP contribution in [0.1, 0.15) is 31.7 Å². The fourth-order valence-corrected chi connectivity index (χ4v) is 2.40. The van der Waals surface area contributed by atoms with E-state index in [-0.39, 0.29) is 24.2 Å². The molecular formula is C16H25ClN2O2. The molecular weight excluding hydrogens is 288 g/mol. The number of anilines is 1. The number of piperidine rings is 1. The van der Waals surface area contributed by atoms with Gasteiger partial charge in [-0.3, -0.25) is 4.79 Å². The van der Waals surface area contributed by atoms with E-state index < -0.39 is 0 Å². The number of hydrogen-bond acceptors (Lipinski definition) is 3. The van der Waals surface area contributed by atoms with Gasteiger partial charge in [0.15, 0.2) is 0 Å². The minimum Gasteiger partial charge on any atom is -0.494 e. The van der Waals surface area contributed by atoms with Crippen molar-refractivity contribution >= 4 is 24.0 Å². The Morgan fingerprint density at radius 1 is 1.48 bits per heavy atom. The molecule has 0 radical (unpaired) electrons. The molecule has 21 heavy (non-hydrogen) atoms. The molecule has 1 fully saturated rings. The summed E-state index contributed by atoms with van der Waals surface area (Å²) in [6.07, 6.45) is 3.03. The van der Waals surface area contributed by atoms with Crippen LogP contribution in [0.25, 0.3) is 0 Å². The molecule has 1 amide bonds. The number of aryl methyl sites for hydroxylation is 1. The normalized spacial score (nSPS) is 17.7. The van der Waals surface area contributed by atoms with E-state index in [1.807, 2.05) is 25.1 Å². The van der Waals surface area contributed by atoms with Crippen LogP contribution in [0, 0.1) is 12.8 Å². The summed E-state index contributed by atoms with van der Waals surface area (Å²) in [5.41, 5.74) is 1.92. The molecule has 1 saturated heterocycles. The van der Waals surface area contributed by atoms with Crippen LogP contribution in [0.4, 0.5) is 5.69 Å². The molecule has 0 aromatic heterocycles. The highest BCUT2D eigenvalue weighted by Gasteiger charge is 2.21. The molecule has 1 atom stereocenters. The van der Waals surface area contributed by atoms with E-state index in [0.717, 1.165) is 56.0 Å². The minimum absolute atomic E-state index is 0. The molecule has 1 aromatic rings. The van der Waals surface area contributed by atoms with Gasteiger partial charge in [-0.1, -0.05) is 6.92 Å². The number of hydrogen-bond donors (Lipinski definition) is 2. The van der Waals surface area contributed by atoms with E-state index in [0.29, 0.717) is 0 Å². The highest BCUT2D eigenvalue weighted by atomic mass is 35.5. The number of nitrogens with one attached hydrogen (secondary N) is 2. The summed E-state index contributed by atoms with van der Waals surface area (Å²) in [5, 5.41) is 6.30. The monoisotopic (exact) mass is 312 g/mol. The molecule has 1 aromatic carbocycles. The van der Waals surface area contributed by atoms with E-state index in [2.05, 4.69) is 17.6 Å². The maximum Gasteiger partial charge on any atom is 0.228 e. The molecule has 1 aliphatic rings. The summed E-state index contributed by atoms with van der Waals surface area (Å²) in [5.74, 6) is 1.06. The highest BCUT2D eigenvalue weighted by molar-refractivity contribution is 5.93. The van der Waals surface area contributed by atoms with E-state index in [9.17, 15) is 4.79 Å². The van der Waals surface area contributed by atoms with E-state index >= 15 is 0 Å². The van der Waals surface area contributed by atoms with Crippen LogP contribution in [0.2, 0.25) is 0 Å². The van der Waals surface area contributed by atoms with Crippen molar-refractivity contribution in [1.29, 1.82) is 0 Å². The van der Waals surface area contributed by atoms with Crippen molar-refractivity contribution in [1.82, 2.24) is 5.32 Å². The van der Waals surface area contributed by atoms with Gasteiger partial charge in [0.05, 0.1) is 12.5 Å². The topological polar surface area (TPSA) is 50.4 Å². The van der Waals surface area contributed by atoms with Crippen LogP contribution in [0.15, 0.2) is 18.2 Å². The second-order valence-corrected chi connectivity index (χ2v) is 5.36. The Morgan fingerprint density at radius 2 is 2.29 bits per heavy atom. The maximum atomic E-state index is 12.2. The lowest BCUT2D eigenvalue weighted by molar-refractivity contribution is -0.120. The van der Waals surface area contributed by atoms with Gasteiger partial charge in [0.2, 0.25) is 5.91 Å². The Labute approximate surface area is 133 Å². The molecule has 0 aliphatic carbocycles. The lowest BCUT2D eigenvalue weighted by Gasteiger charge is -2.22. The summed E-state index contributed by atoms with van der Waals surface area (Å²) < 4.78 is 5.59. The molecule has 0 saturated carbocycles. The summed E-state index contributed by atoms with van der Waals surface area (Å²) in [6.45, 7) is 6.60. The van der Waals surface area contributed by atoms with E-state index in [1.54, 1.807) is 0 Å². The molecule has 2 rings (SSSR count). The van der Waals surface area contributed by atoms with Crippen molar-refractivity contribution in [3.05, 3.63) is 23.8 Å². The first kappa shape index (κ1) is 17.8. The van der Waals surface area contributed by atoms with Crippen molar-refractivity contribution < 1.29 is 9.53 Å². The predicted octanol–water partition coefficient (Wildman–Crippen LogP) is 3.14. The molecule has 0 bridgehead atoms. The van der Waals surface area contributed by atoms with Gasteiger partial charge in [0.1, 0.15) is 5.75 Å². The lowest BCUT2D eigenvalue weighted by atomic mass is 9.98. The minimum atomic E-state index is 0. The Bertz CT molecular complexity index is 460. The molecule has 0 spiro atoms. The zero-order chi connectivity index (χ0) is 14.4. The standard InChI is InChI=1S/C16H24N2O2.ClH/c1-3-9-20-14-6-7-15(12(2)10-14)18-16(19)13-5-4-8-17-11-13;/h6-7,10,13,17H,3-5,8-9,11H2,1-2H3,(H,18,19);1H. The average Bonchev–Trinajstić information content (AvgIpc) is 2.48. The van der Waals surface area contributed by atoms with Gasteiger partial charge >= 0.3 is 0 Å². The van der Waals surface area contributed by atoms with E-state index in [1.165, 1.54) is 0 Å². The fraction of sp³-hybridized carbons (Fsp3) is 0.562. The Morgan fingerprint density at radius 3 is 2.90 bits per heavy atom. The van der Waals surface area contributed by atoms with Crippen LogP contribution in [-0.4, -0.2) is 25.6 Å². The van der Waals surface area contributed by atoms with Gasteiger partial charge in [0, 0.05) is 12.2 Å². The van der Waals surface area contributed by atoms with Crippen LogP contribution in [0.5, 0.6) is 5.75 Å². The maximum absolute atomic E-state index is 12.2. The SMILES string of the molecule is CCCOc1ccc(NC(=O)C2CCCNC2)c(C)c1.Cl. The van der Waals surface area contributed by atoms with Crippen LogP contribution >= 0.6 is 12.4 Å². The van der Waals surface area contributed by atoms with Crippen LogP contribution in [0.3, 0.4) is 0 Å². The number of carbonyl (C=O) groups excluding carboxylic acids is 1. The van der Waals surface area contributed by atoms with Crippen LogP contribution < -0.4 is 15.4 Å². The quantitative estimate of drug-likeness (QED) is 0.878. The first-order valence-electron chi connectivity index (χ1n) is 7.45. The van der Waals surface area contributed by atoms with Crippen molar-refractivity contribution in [2.24, 2.45) is 5.92 Å². The van der Waals surface area contributed by atoms with Crippen molar-refractivity contribution in [3.63, 3.8) is 0 Å². The third-order valence-electron chi connectivity index (χ3n) is 3.60. The number of amides is 1. The number of carbonyl (C=O) groups is 1. The van der Waals surface area contributed by atoms with Gasteiger partial charge in [-0.25, -0.2) is 0 Å². The zero-order valence-electron chi connectivity index (χ0n) is 12.8. The van der Waals surface area contributed by atoms with Crippen molar-refractivity contribution in [3.8, 4) is 5.75 Å². The van der Waals surface area contributed by atoms with Gasteiger partial charge in [-0.05, 0) is 56.5 Å². The van der Waals surface area contributed by atoms with Crippen LogP contribution in [-0.2, 0) is 4.79 Å². The number of benzene rings is 1. The van der Waals surface area contributed by atoms with Gasteiger partial charge in [0.25, 0.3) is 0 Å². The third-order valence-corrected chi connectivity index (χ3v) is 3.60. The highest BCUT2D eigenvalue weighted by Crippen LogP contribution is 2.23. The van der Waals surface area contributed by atoms with Gasteiger partial charge in [-0.2, -0.15) is 0 Å². The molecule has 2 N–H and O–H groups in total. The first-order chi connectivity index (χ1) is 9.70. The summed E-state index contributed by atoms with van der Waals surface area (Å²) >= 11 is 0.